The fraction of sp³-hybridized carbons (Fsp3) is 0.0556. The maximum absolute atomic E-state index is 2.48. The van der Waals surface area contributed by atoms with Crippen LogP contribution in [-0.2, 0) is 5.41 Å². The van der Waals surface area contributed by atoms with E-state index in [0.29, 0.717) is 0 Å². The third kappa shape index (κ3) is 7.75. The molecule has 2 heteroatoms. The molecule has 2 aliphatic carbocycles. The van der Waals surface area contributed by atoms with E-state index in [4.69, 9.17) is 0 Å². The highest BCUT2D eigenvalue weighted by atomic mass is 15.1. The van der Waals surface area contributed by atoms with Gasteiger partial charge in [-0.05, 0) is 135 Å². The van der Waals surface area contributed by atoms with Gasteiger partial charge >= 0.3 is 0 Å². The molecule has 0 unspecified atom stereocenters. The first-order chi connectivity index (χ1) is 36.7. The number of hydrogen-bond donors (Lipinski definition) is 0. The van der Waals surface area contributed by atoms with Crippen LogP contribution < -0.4 is 4.90 Å². The first-order valence-electron chi connectivity index (χ1n) is 25.9. The maximum Gasteiger partial charge on any atom is 0.0647 e. The van der Waals surface area contributed by atoms with Crippen molar-refractivity contribution in [2.24, 2.45) is 0 Å². The van der Waals surface area contributed by atoms with Crippen LogP contribution in [0.3, 0.4) is 0 Å². The summed E-state index contributed by atoms with van der Waals surface area (Å²) in [7, 11) is 0. The molecule has 1 aromatic heterocycles. The Morgan fingerprint density at radius 3 is 1.82 bits per heavy atom. The normalized spacial score (nSPS) is 14.1. The van der Waals surface area contributed by atoms with E-state index in [1.165, 1.54) is 105 Å². The maximum atomic E-state index is 2.48. The first kappa shape index (κ1) is 44.7. The number of hydrogen-bond acceptors (Lipinski definition) is 1. The van der Waals surface area contributed by atoms with Crippen LogP contribution in [-0.4, -0.2) is 4.57 Å². The predicted molar refractivity (Wildman–Crippen MR) is 314 cm³/mol. The summed E-state index contributed by atoms with van der Waals surface area (Å²) in [5, 5.41) is 4.94. The minimum atomic E-state index is -0.451. The second-order valence-electron chi connectivity index (χ2n) is 19.5. The zero-order valence-electron chi connectivity index (χ0n) is 41.4. The summed E-state index contributed by atoms with van der Waals surface area (Å²) in [6, 6.07) is 89.3. The lowest BCUT2D eigenvalue weighted by Crippen LogP contribution is -2.25. The van der Waals surface area contributed by atoms with E-state index in [1.807, 2.05) is 0 Å². The molecule has 74 heavy (non-hydrogen) atoms. The summed E-state index contributed by atoms with van der Waals surface area (Å²) >= 11 is 0. The van der Waals surface area contributed by atoms with Gasteiger partial charge in [-0.2, -0.15) is 0 Å². The Bertz CT molecular complexity index is 4010. The molecule has 0 N–H and O–H groups in total. The Hall–Kier alpha value is -9.24. The van der Waals surface area contributed by atoms with Crippen molar-refractivity contribution in [1.29, 1.82) is 0 Å². The molecule has 0 spiro atoms. The molecule has 10 aromatic carbocycles. The van der Waals surface area contributed by atoms with Gasteiger partial charge in [0.2, 0.25) is 0 Å². The highest BCUT2D eigenvalue weighted by Crippen LogP contribution is 2.51. The Balaban J connectivity index is 0.917. The van der Waals surface area contributed by atoms with Crippen LogP contribution in [0, 0.1) is 0 Å². The van der Waals surface area contributed by atoms with Crippen molar-refractivity contribution in [3.63, 3.8) is 0 Å². The molecule has 1 heterocycles. The number of aromatic nitrogens is 1. The summed E-state index contributed by atoms with van der Waals surface area (Å²) in [6.07, 6.45) is 17.7. The minimum absolute atomic E-state index is 0.451. The molecule has 0 amide bonds. The number of para-hydroxylation sites is 1. The van der Waals surface area contributed by atoms with Crippen molar-refractivity contribution >= 4 is 55.1 Å². The topological polar surface area (TPSA) is 8.17 Å². The average molecular weight is 947 g/mol. The molecule has 2 nitrogen and oxygen atoms in total. The SMILES string of the molecule is C/C=C\C=C/C1=CC(c2ccccc2)(c2ccccc2)c2ccc(-n3c4ccccc4c4ccc(-c5ccccc5-c5ccc(N(C6=CC=C(c7ccccc7)CC6)c6cccc7ccccc67)cc5)cc43)cc21. The molecule has 0 saturated heterocycles. The molecule has 0 atom stereocenters. The molecule has 11 aromatic rings. The minimum Gasteiger partial charge on any atom is -0.314 e. The van der Waals surface area contributed by atoms with Crippen molar-refractivity contribution < 1.29 is 0 Å². The standard InChI is InChI=1S/C72H54N2/c1-2-3-7-24-56-50-72(57-26-10-5-11-27-57,58-28-12-6-13-29-58)68-47-45-61(49-67(56)68)74-70-34-19-18-33-65(70)66-46-40-55(48-71(66)74)63-31-17-16-30-62(63)54-38-43-60(44-39-54)73(69-35-20-25-53-23-14-15-32-64(53)69)59-41-36-52(37-42-59)51-21-8-4-9-22-51/h2-36,38-41,43-50H,37,42H2,1H3/b3-2-,24-7-. The van der Waals surface area contributed by atoms with Crippen LogP contribution in [0.1, 0.15) is 47.6 Å². The van der Waals surface area contributed by atoms with Crippen LogP contribution in [0.5, 0.6) is 0 Å². The smallest absolute Gasteiger partial charge is 0.0647 e. The van der Waals surface area contributed by atoms with Gasteiger partial charge in [0, 0.05) is 33.2 Å². The van der Waals surface area contributed by atoms with Crippen LogP contribution in [0.2, 0.25) is 0 Å². The molecule has 0 saturated carbocycles. The van der Waals surface area contributed by atoms with Crippen LogP contribution in [0.4, 0.5) is 11.4 Å². The van der Waals surface area contributed by atoms with Crippen molar-refractivity contribution in [2.75, 3.05) is 4.90 Å². The van der Waals surface area contributed by atoms with Gasteiger partial charge in [0.25, 0.3) is 0 Å². The first-order valence-corrected chi connectivity index (χ1v) is 25.9. The molecular formula is C72H54N2. The van der Waals surface area contributed by atoms with Crippen molar-refractivity contribution in [3.8, 4) is 27.9 Å². The third-order valence-electron chi connectivity index (χ3n) is 15.3. The van der Waals surface area contributed by atoms with E-state index in [1.54, 1.807) is 0 Å². The molecule has 0 bridgehead atoms. The van der Waals surface area contributed by atoms with Gasteiger partial charge in [0.15, 0.2) is 0 Å². The van der Waals surface area contributed by atoms with Crippen LogP contribution in [0.25, 0.3) is 71.7 Å². The number of benzene rings is 10. The molecular weight excluding hydrogens is 893 g/mol. The van der Waals surface area contributed by atoms with Gasteiger partial charge in [-0.25, -0.2) is 0 Å². The molecule has 0 aliphatic heterocycles. The zero-order chi connectivity index (χ0) is 49.4. The number of fused-ring (bicyclic) bond motifs is 5. The van der Waals surface area contributed by atoms with E-state index in [9.17, 15) is 0 Å². The van der Waals surface area contributed by atoms with Crippen LogP contribution >= 0.6 is 0 Å². The van der Waals surface area contributed by atoms with E-state index < -0.39 is 5.41 Å². The predicted octanol–water partition coefficient (Wildman–Crippen LogP) is 19.0. The molecule has 352 valence electrons. The molecule has 0 fully saturated rings. The van der Waals surface area contributed by atoms with Gasteiger partial charge < -0.3 is 9.47 Å². The van der Waals surface area contributed by atoms with Crippen molar-refractivity contribution in [3.05, 3.63) is 319 Å². The van der Waals surface area contributed by atoms with E-state index >= 15 is 0 Å². The molecule has 2 aliphatic rings. The number of rotatable bonds is 11. The number of anilines is 2. The van der Waals surface area contributed by atoms with E-state index in [-0.39, 0.29) is 0 Å². The monoisotopic (exact) mass is 946 g/mol. The number of nitrogens with zero attached hydrogens (tertiary/aromatic N) is 2. The fourth-order valence-corrected chi connectivity index (χ4v) is 11.9. The highest BCUT2D eigenvalue weighted by Gasteiger charge is 2.41. The van der Waals surface area contributed by atoms with Gasteiger partial charge in [0.05, 0.1) is 22.1 Å². The Morgan fingerprint density at radius 1 is 0.459 bits per heavy atom. The van der Waals surface area contributed by atoms with Crippen LogP contribution in [0.15, 0.2) is 291 Å². The summed E-state index contributed by atoms with van der Waals surface area (Å²) in [4.78, 5) is 2.47. The average Bonchev–Trinajstić information content (AvgIpc) is 3.99. The summed E-state index contributed by atoms with van der Waals surface area (Å²) in [5.41, 5.74) is 20.3. The zero-order valence-corrected chi connectivity index (χ0v) is 41.4. The van der Waals surface area contributed by atoms with Gasteiger partial charge in [0.1, 0.15) is 0 Å². The molecule has 13 rings (SSSR count). The van der Waals surface area contributed by atoms with Crippen molar-refractivity contribution in [2.45, 2.75) is 25.2 Å². The van der Waals surface area contributed by atoms with E-state index in [2.05, 4.69) is 302 Å². The highest BCUT2D eigenvalue weighted by molar-refractivity contribution is 6.11. The second kappa shape index (κ2) is 19.1. The second-order valence-corrected chi connectivity index (χ2v) is 19.5. The molecule has 0 radical (unpaired) electrons. The quantitative estimate of drug-likeness (QED) is 0.117. The Kier molecular flexibility index (Phi) is 11.5. The fourth-order valence-electron chi connectivity index (χ4n) is 11.9. The van der Waals surface area contributed by atoms with Crippen molar-refractivity contribution in [1.82, 2.24) is 4.57 Å². The summed E-state index contributed by atoms with van der Waals surface area (Å²) in [5.74, 6) is 0. The lowest BCUT2D eigenvalue weighted by molar-refractivity contribution is 0.793. The number of allylic oxidation sites excluding steroid dienone is 10. The lowest BCUT2D eigenvalue weighted by atomic mass is 9.71. The largest absolute Gasteiger partial charge is 0.314 e. The van der Waals surface area contributed by atoms with Gasteiger partial charge in [-0.1, -0.05) is 237 Å². The van der Waals surface area contributed by atoms with Gasteiger partial charge in [-0.15, -0.1) is 0 Å². The van der Waals surface area contributed by atoms with E-state index in [0.717, 1.165) is 24.2 Å². The Morgan fingerprint density at radius 2 is 1.09 bits per heavy atom. The summed E-state index contributed by atoms with van der Waals surface area (Å²) in [6.45, 7) is 2.07. The Labute approximate surface area is 434 Å². The summed E-state index contributed by atoms with van der Waals surface area (Å²) < 4.78 is 2.48. The lowest BCUT2D eigenvalue weighted by Gasteiger charge is -2.31. The van der Waals surface area contributed by atoms with Gasteiger partial charge in [-0.3, -0.25) is 0 Å². The third-order valence-corrected chi connectivity index (χ3v) is 15.3.